The van der Waals surface area contributed by atoms with Crippen LogP contribution < -0.4 is 11.3 Å². The van der Waals surface area contributed by atoms with E-state index in [1.54, 1.807) is 37.3 Å². The average molecular weight is 387 g/mol. The van der Waals surface area contributed by atoms with Gasteiger partial charge in [-0.2, -0.15) is 4.98 Å². The fourth-order valence-corrected chi connectivity index (χ4v) is 2.80. The summed E-state index contributed by atoms with van der Waals surface area (Å²) in [4.78, 5) is 33.8. The first-order valence-corrected chi connectivity index (χ1v) is 8.63. The monoisotopic (exact) mass is 387 g/mol. The van der Waals surface area contributed by atoms with E-state index in [1.807, 2.05) is 0 Å². The lowest BCUT2D eigenvalue weighted by molar-refractivity contribution is -0.0488. The quantitative estimate of drug-likeness (QED) is 0.456. The molecule has 0 saturated heterocycles. The van der Waals surface area contributed by atoms with Crippen molar-refractivity contribution in [1.29, 1.82) is 0 Å². The van der Waals surface area contributed by atoms with E-state index in [4.69, 9.17) is 20.7 Å². The molecular weight excluding hydrogens is 366 g/mol. The van der Waals surface area contributed by atoms with Gasteiger partial charge in [-0.05, 0) is 6.92 Å². The van der Waals surface area contributed by atoms with Gasteiger partial charge >= 0.3 is 0 Å². The summed E-state index contributed by atoms with van der Waals surface area (Å²) in [6.45, 7) is 0.777. The van der Waals surface area contributed by atoms with Crippen molar-refractivity contribution in [3.8, 4) is 0 Å². The SMILES string of the molecule is CC(C(=O)c1ccccc1)n1c(N)nc2c(ncn2COC(CO)CO)c1=O. The van der Waals surface area contributed by atoms with Gasteiger partial charge in [-0.3, -0.25) is 18.7 Å². The number of aliphatic hydroxyl groups excluding tert-OH is 2. The van der Waals surface area contributed by atoms with Gasteiger partial charge in [-0.25, -0.2) is 4.98 Å². The Bertz CT molecular complexity index is 1030. The smallest absolute Gasteiger partial charge is 0.283 e. The highest BCUT2D eigenvalue weighted by Gasteiger charge is 2.23. The summed E-state index contributed by atoms with van der Waals surface area (Å²) < 4.78 is 7.87. The molecule has 2 aromatic heterocycles. The molecular formula is C18H21N5O5. The Labute approximate surface area is 159 Å². The molecule has 3 aromatic rings. The number of ketones is 1. The van der Waals surface area contributed by atoms with Gasteiger partial charge < -0.3 is 20.7 Å². The summed E-state index contributed by atoms with van der Waals surface area (Å²) >= 11 is 0. The number of nitrogens with two attached hydrogens (primary N) is 1. The second-order valence-electron chi connectivity index (χ2n) is 6.22. The van der Waals surface area contributed by atoms with Crippen LogP contribution in [-0.4, -0.2) is 54.4 Å². The van der Waals surface area contributed by atoms with E-state index in [0.717, 1.165) is 4.57 Å². The highest BCUT2D eigenvalue weighted by Crippen LogP contribution is 2.17. The first-order valence-electron chi connectivity index (χ1n) is 8.63. The predicted octanol–water partition coefficient (Wildman–Crippen LogP) is -0.0536. The molecule has 4 N–H and O–H groups in total. The summed E-state index contributed by atoms with van der Waals surface area (Å²) in [5, 5.41) is 18.1. The van der Waals surface area contributed by atoms with Crippen molar-refractivity contribution in [2.24, 2.45) is 0 Å². The van der Waals surface area contributed by atoms with Crippen molar-refractivity contribution >= 4 is 22.9 Å². The van der Waals surface area contributed by atoms with E-state index in [1.165, 1.54) is 10.9 Å². The van der Waals surface area contributed by atoms with E-state index in [2.05, 4.69) is 9.97 Å². The zero-order valence-electron chi connectivity index (χ0n) is 15.2. The summed E-state index contributed by atoms with van der Waals surface area (Å²) in [7, 11) is 0. The average Bonchev–Trinajstić information content (AvgIpc) is 3.11. The van der Waals surface area contributed by atoms with Gasteiger partial charge in [-0.15, -0.1) is 0 Å². The third kappa shape index (κ3) is 3.65. The Morgan fingerprint density at radius 1 is 1.25 bits per heavy atom. The van der Waals surface area contributed by atoms with Gasteiger partial charge in [-0.1, -0.05) is 30.3 Å². The van der Waals surface area contributed by atoms with Crippen LogP contribution in [0.4, 0.5) is 5.95 Å². The molecule has 0 fully saturated rings. The molecule has 0 aliphatic heterocycles. The van der Waals surface area contributed by atoms with E-state index in [-0.39, 0.29) is 42.8 Å². The number of hydrogen-bond donors (Lipinski definition) is 3. The fraction of sp³-hybridized carbons (Fsp3) is 0.333. The molecule has 1 aromatic carbocycles. The molecule has 0 aliphatic carbocycles. The number of benzene rings is 1. The number of imidazole rings is 1. The Kier molecular flexibility index (Phi) is 5.83. The second-order valence-corrected chi connectivity index (χ2v) is 6.22. The lowest BCUT2D eigenvalue weighted by Gasteiger charge is -2.16. The number of aliphatic hydroxyl groups is 2. The van der Waals surface area contributed by atoms with Crippen molar-refractivity contribution < 1.29 is 19.7 Å². The number of nitrogens with zero attached hydrogens (tertiary/aromatic N) is 4. The number of carbonyl (C=O) groups is 1. The van der Waals surface area contributed by atoms with Crippen molar-refractivity contribution in [2.75, 3.05) is 18.9 Å². The number of hydrogen-bond acceptors (Lipinski definition) is 8. The standard InChI is InChI=1S/C18H21N5O5/c1-11(15(26)12-5-3-2-4-6-12)23-17(27)14-16(21-18(23)19)22(9-20-14)10-28-13(7-24)8-25/h2-6,9,11,13,24-25H,7-8,10H2,1H3,(H2,19,21). The normalized spacial score (nSPS) is 12.6. The van der Waals surface area contributed by atoms with Gasteiger partial charge in [0.1, 0.15) is 18.9 Å². The van der Waals surface area contributed by atoms with Crippen molar-refractivity contribution in [3.63, 3.8) is 0 Å². The topological polar surface area (TPSA) is 145 Å². The molecule has 2 heterocycles. The van der Waals surface area contributed by atoms with Gasteiger partial charge in [0.05, 0.1) is 19.5 Å². The second kappa shape index (κ2) is 8.30. The number of rotatable bonds is 8. The lowest BCUT2D eigenvalue weighted by Crippen LogP contribution is -2.31. The van der Waals surface area contributed by atoms with Crippen LogP contribution in [0.1, 0.15) is 23.3 Å². The molecule has 0 aliphatic rings. The van der Waals surface area contributed by atoms with Crippen LogP contribution >= 0.6 is 0 Å². The minimum atomic E-state index is -0.860. The highest BCUT2D eigenvalue weighted by molar-refractivity contribution is 5.99. The van der Waals surface area contributed by atoms with E-state index < -0.39 is 17.7 Å². The zero-order chi connectivity index (χ0) is 20.3. The first kappa shape index (κ1) is 19.7. The number of carbonyl (C=O) groups excluding carboxylic acids is 1. The van der Waals surface area contributed by atoms with Crippen molar-refractivity contribution in [2.45, 2.75) is 25.8 Å². The highest BCUT2D eigenvalue weighted by atomic mass is 16.5. The maximum absolute atomic E-state index is 12.9. The molecule has 10 heteroatoms. The van der Waals surface area contributed by atoms with Gasteiger partial charge in [0, 0.05) is 5.56 Å². The number of Topliss-reactive ketones (excluding diaryl/α,β-unsaturated/α-hetero) is 1. The summed E-state index contributed by atoms with van der Waals surface area (Å²) in [5.41, 5.74) is 6.12. The fourth-order valence-electron chi connectivity index (χ4n) is 2.80. The molecule has 28 heavy (non-hydrogen) atoms. The van der Waals surface area contributed by atoms with Crippen molar-refractivity contribution in [3.05, 3.63) is 52.6 Å². The maximum atomic E-state index is 12.9. The number of nitrogen functional groups attached to an aromatic ring is 1. The van der Waals surface area contributed by atoms with Gasteiger partial charge in [0.2, 0.25) is 5.95 Å². The summed E-state index contributed by atoms with van der Waals surface area (Å²) in [6.07, 6.45) is 0.580. The van der Waals surface area contributed by atoms with Crippen LogP contribution in [0.5, 0.6) is 0 Å². The van der Waals surface area contributed by atoms with E-state index in [9.17, 15) is 9.59 Å². The third-order valence-corrected chi connectivity index (χ3v) is 4.38. The number of aromatic nitrogens is 4. The summed E-state index contributed by atoms with van der Waals surface area (Å²) in [5.74, 6) is -0.399. The minimum Gasteiger partial charge on any atom is -0.394 e. The Morgan fingerprint density at radius 2 is 1.93 bits per heavy atom. The van der Waals surface area contributed by atoms with Crippen LogP contribution in [0, 0.1) is 0 Å². The van der Waals surface area contributed by atoms with Crippen molar-refractivity contribution in [1.82, 2.24) is 19.1 Å². The number of ether oxygens (including phenoxy) is 1. The molecule has 3 rings (SSSR count). The maximum Gasteiger partial charge on any atom is 0.283 e. The van der Waals surface area contributed by atoms with Crippen LogP contribution in [0.25, 0.3) is 11.2 Å². The number of anilines is 1. The van der Waals surface area contributed by atoms with E-state index in [0.29, 0.717) is 5.56 Å². The lowest BCUT2D eigenvalue weighted by atomic mass is 10.1. The van der Waals surface area contributed by atoms with Crippen LogP contribution in [0.3, 0.4) is 0 Å². The predicted molar refractivity (Wildman–Crippen MR) is 101 cm³/mol. The van der Waals surface area contributed by atoms with E-state index >= 15 is 0 Å². The van der Waals surface area contributed by atoms with Crippen LogP contribution in [0.2, 0.25) is 0 Å². The van der Waals surface area contributed by atoms with Gasteiger partial charge in [0.25, 0.3) is 5.56 Å². The molecule has 148 valence electrons. The molecule has 0 spiro atoms. The van der Waals surface area contributed by atoms with Crippen LogP contribution in [-0.2, 0) is 11.5 Å². The molecule has 0 radical (unpaired) electrons. The number of fused-ring (bicyclic) bond motifs is 1. The largest absolute Gasteiger partial charge is 0.394 e. The van der Waals surface area contributed by atoms with Crippen LogP contribution in [0.15, 0.2) is 41.5 Å². The Hall–Kier alpha value is -3.08. The third-order valence-electron chi connectivity index (χ3n) is 4.38. The molecule has 1 atom stereocenters. The molecule has 0 amide bonds. The molecule has 0 bridgehead atoms. The molecule has 1 unspecified atom stereocenters. The van der Waals surface area contributed by atoms with Gasteiger partial charge in [0.15, 0.2) is 16.9 Å². The zero-order valence-corrected chi connectivity index (χ0v) is 15.2. The first-order chi connectivity index (χ1) is 13.5. The Balaban J connectivity index is 1.95. The minimum absolute atomic E-state index is 0.0371. The Morgan fingerprint density at radius 3 is 2.57 bits per heavy atom. The molecule has 10 nitrogen and oxygen atoms in total. The summed E-state index contributed by atoms with van der Waals surface area (Å²) in [6, 6.07) is 7.74. The molecule has 0 saturated carbocycles.